The highest BCUT2D eigenvalue weighted by Crippen LogP contribution is 2.30. The van der Waals surface area contributed by atoms with Gasteiger partial charge in [-0.15, -0.1) is 0 Å². The number of methoxy groups -OCH3 is 1. The molecular formula is C22H30N2O2. The lowest BCUT2D eigenvalue weighted by Gasteiger charge is -2.34. The van der Waals surface area contributed by atoms with Crippen LogP contribution in [0.1, 0.15) is 32.3 Å². The van der Waals surface area contributed by atoms with Gasteiger partial charge in [0.05, 0.1) is 13.0 Å². The molecule has 1 saturated heterocycles. The van der Waals surface area contributed by atoms with Crippen LogP contribution in [0.4, 0.5) is 0 Å². The first-order valence-corrected chi connectivity index (χ1v) is 9.73. The van der Waals surface area contributed by atoms with E-state index in [9.17, 15) is 4.79 Å². The van der Waals surface area contributed by atoms with E-state index in [0.29, 0.717) is 5.91 Å². The van der Waals surface area contributed by atoms with Crippen LogP contribution in [0.25, 0.3) is 10.8 Å². The van der Waals surface area contributed by atoms with Crippen molar-refractivity contribution < 1.29 is 9.53 Å². The molecule has 0 saturated carbocycles. The highest BCUT2D eigenvalue weighted by molar-refractivity contribution is 5.91. The summed E-state index contributed by atoms with van der Waals surface area (Å²) in [6, 6.07) is 12.6. The fourth-order valence-corrected chi connectivity index (χ4v) is 4.08. The van der Waals surface area contributed by atoms with Gasteiger partial charge in [-0.3, -0.25) is 9.69 Å². The molecule has 1 aliphatic rings. The van der Waals surface area contributed by atoms with Crippen molar-refractivity contribution in [2.45, 2.75) is 33.2 Å². The zero-order chi connectivity index (χ0) is 18.5. The Bertz CT molecular complexity index is 755. The molecule has 0 N–H and O–H groups in total. The van der Waals surface area contributed by atoms with E-state index in [1.807, 2.05) is 11.0 Å². The van der Waals surface area contributed by atoms with Crippen LogP contribution >= 0.6 is 0 Å². The van der Waals surface area contributed by atoms with Crippen LogP contribution in [0.15, 0.2) is 36.4 Å². The molecule has 0 bridgehead atoms. The van der Waals surface area contributed by atoms with Gasteiger partial charge in [0.2, 0.25) is 5.91 Å². The van der Waals surface area contributed by atoms with Gasteiger partial charge in [0.25, 0.3) is 0 Å². The molecule has 0 unspecified atom stereocenters. The molecule has 140 valence electrons. The number of ether oxygens (including phenoxy) is 1. The molecule has 3 rings (SSSR count). The van der Waals surface area contributed by atoms with Crippen LogP contribution in [0.3, 0.4) is 0 Å². The van der Waals surface area contributed by atoms with Gasteiger partial charge in [-0.25, -0.2) is 0 Å². The van der Waals surface area contributed by atoms with Gasteiger partial charge in [-0.1, -0.05) is 30.3 Å². The third-order valence-electron chi connectivity index (χ3n) is 5.52. The first kappa shape index (κ1) is 18.7. The van der Waals surface area contributed by atoms with Gasteiger partial charge >= 0.3 is 0 Å². The molecule has 2 aromatic rings. The van der Waals surface area contributed by atoms with E-state index in [4.69, 9.17) is 4.74 Å². The number of amides is 1. The standard InChI is InChI=1S/C22H30N2O2/c1-4-24(5-2)22(25)18-9-8-14-23(16-18)15-17-12-13-21(26-3)20-11-7-6-10-19(17)20/h6-7,10-13,18H,4-5,8-9,14-16H2,1-3H3/t18-/m1/s1. The lowest BCUT2D eigenvalue weighted by molar-refractivity contribution is -0.137. The third-order valence-corrected chi connectivity index (χ3v) is 5.52. The van der Waals surface area contributed by atoms with Crippen molar-refractivity contribution >= 4 is 16.7 Å². The zero-order valence-corrected chi connectivity index (χ0v) is 16.2. The minimum Gasteiger partial charge on any atom is -0.496 e. The van der Waals surface area contributed by atoms with Gasteiger partial charge in [-0.05, 0) is 50.2 Å². The third kappa shape index (κ3) is 3.85. The first-order chi connectivity index (χ1) is 12.7. The largest absolute Gasteiger partial charge is 0.496 e. The molecule has 0 aliphatic carbocycles. The Balaban J connectivity index is 1.77. The predicted molar refractivity (Wildman–Crippen MR) is 106 cm³/mol. The van der Waals surface area contributed by atoms with E-state index in [0.717, 1.165) is 56.7 Å². The molecule has 2 aromatic carbocycles. The van der Waals surface area contributed by atoms with Crippen molar-refractivity contribution in [3.8, 4) is 5.75 Å². The van der Waals surface area contributed by atoms with E-state index in [1.54, 1.807) is 7.11 Å². The highest BCUT2D eigenvalue weighted by atomic mass is 16.5. The van der Waals surface area contributed by atoms with Gasteiger partial charge in [0.1, 0.15) is 5.75 Å². The van der Waals surface area contributed by atoms with E-state index in [2.05, 4.69) is 49.1 Å². The summed E-state index contributed by atoms with van der Waals surface area (Å²) in [7, 11) is 1.72. The first-order valence-electron chi connectivity index (χ1n) is 9.73. The average Bonchev–Trinajstić information content (AvgIpc) is 2.69. The summed E-state index contributed by atoms with van der Waals surface area (Å²) < 4.78 is 5.51. The van der Waals surface area contributed by atoms with Crippen molar-refractivity contribution in [2.24, 2.45) is 5.92 Å². The van der Waals surface area contributed by atoms with E-state index in [1.165, 1.54) is 10.9 Å². The maximum Gasteiger partial charge on any atom is 0.226 e. The maximum absolute atomic E-state index is 12.7. The van der Waals surface area contributed by atoms with E-state index in [-0.39, 0.29) is 5.92 Å². The van der Waals surface area contributed by atoms with Gasteiger partial charge < -0.3 is 9.64 Å². The van der Waals surface area contributed by atoms with Crippen LogP contribution in [0.2, 0.25) is 0 Å². The van der Waals surface area contributed by atoms with Crippen LogP contribution < -0.4 is 4.74 Å². The van der Waals surface area contributed by atoms with Crippen molar-refractivity contribution in [3.05, 3.63) is 42.0 Å². The number of fused-ring (bicyclic) bond motifs is 1. The number of hydrogen-bond acceptors (Lipinski definition) is 3. The van der Waals surface area contributed by atoms with E-state index < -0.39 is 0 Å². The van der Waals surface area contributed by atoms with Crippen LogP contribution in [0.5, 0.6) is 5.75 Å². The molecule has 0 aromatic heterocycles. The summed E-state index contributed by atoms with van der Waals surface area (Å²) in [6.45, 7) is 8.52. The summed E-state index contributed by atoms with van der Waals surface area (Å²) in [6.07, 6.45) is 2.10. The second-order valence-corrected chi connectivity index (χ2v) is 7.06. The second-order valence-electron chi connectivity index (χ2n) is 7.06. The summed E-state index contributed by atoms with van der Waals surface area (Å²) in [5.74, 6) is 1.37. The van der Waals surface area contributed by atoms with E-state index >= 15 is 0 Å². The number of carbonyl (C=O) groups is 1. The zero-order valence-electron chi connectivity index (χ0n) is 16.2. The minimum atomic E-state index is 0.133. The summed E-state index contributed by atoms with van der Waals surface area (Å²) >= 11 is 0. The van der Waals surface area contributed by atoms with Gasteiger partial charge in [0.15, 0.2) is 0 Å². The van der Waals surface area contributed by atoms with Gasteiger partial charge in [0, 0.05) is 31.6 Å². The van der Waals surface area contributed by atoms with Crippen LogP contribution in [-0.4, -0.2) is 49.0 Å². The summed E-state index contributed by atoms with van der Waals surface area (Å²) in [5.41, 5.74) is 1.30. The topological polar surface area (TPSA) is 32.8 Å². The lowest BCUT2D eigenvalue weighted by atomic mass is 9.95. The SMILES string of the molecule is CCN(CC)C(=O)[C@@H]1CCCN(Cc2ccc(OC)c3ccccc23)C1. The number of benzene rings is 2. The average molecular weight is 354 g/mol. The Labute approximate surface area is 156 Å². The molecule has 1 amide bonds. The molecule has 1 atom stereocenters. The van der Waals surface area contributed by atoms with Crippen LogP contribution in [-0.2, 0) is 11.3 Å². The monoisotopic (exact) mass is 354 g/mol. The Morgan fingerprint density at radius 1 is 1.15 bits per heavy atom. The molecule has 1 fully saturated rings. The fourth-order valence-electron chi connectivity index (χ4n) is 4.08. The minimum absolute atomic E-state index is 0.133. The number of likely N-dealkylation sites (tertiary alicyclic amines) is 1. The van der Waals surface area contributed by atoms with Crippen molar-refractivity contribution in [1.82, 2.24) is 9.80 Å². The molecule has 0 spiro atoms. The molecule has 4 heteroatoms. The fraction of sp³-hybridized carbons (Fsp3) is 0.500. The molecular weight excluding hydrogens is 324 g/mol. The second kappa shape index (κ2) is 8.54. The molecule has 1 heterocycles. The number of nitrogens with zero attached hydrogens (tertiary/aromatic N) is 2. The molecule has 4 nitrogen and oxygen atoms in total. The van der Waals surface area contributed by atoms with Crippen LogP contribution in [0, 0.1) is 5.92 Å². The lowest BCUT2D eigenvalue weighted by Crippen LogP contribution is -2.44. The van der Waals surface area contributed by atoms with Crippen molar-refractivity contribution in [2.75, 3.05) is 33.3 Å². The van der Waals surface area contributed by atoms with Gasteiger partial charge in [-0.2, -0.15) is 0 Å². The Morgan fingerprint density at radius 3 is 2.58 bits per heavy atom. The Hall–Kier alpha value is -2.07. The van der Waals surface area contributed by atoms with Crippen molar-refractivity contribution in [3.63, 3.8) is 0 Å². The maximum atomic E-state index is 12.7. The quantitative estimate of drug-likeness (QED) is 0.788. The smallest absolute Gasteiger partial charge is 0.226 e. The summed E-state index contributed by atoms with van der Waals surface area (Å²) in [5, 5.41) is 2.39. The Morgan fingerprint density at radius 2 is 1.88 bits per heavy atom. The Kier molecular flexibility index (Phi) is 6.15. The number of hydrogen-bond donors (Lipinski definition) is 0. The summed E-state index contributed by atoms with van der Waals surface area (Å²) in [4.78, 5) is 17.1. The molecule has 0 radical (unpaired) electrons. The number of piperidine rings is 1. The normalized spacial score (nSPS) is 18.0. The number of rotatable bonds is 6. The molecule has 1 aliphatic heterocycles. The van der Waals surface area contributed by atoms with Crippen molar-refractivity contribution in [1.29, 1.82) is 0 Å². The highest BCUT2D eigenvalue weighted by Gasteiger charge is 2.28. The number of carbonyl (C=O) groups excluding carboxylic acids is 1. The predicted octanol–water partition coefficient (Wildman–Crippen LogP) is 3.93. The molecule has 26 heavy (non-hydrogen) atoms.